The van der Waals surface area contributed by atoms with E-state index in [9.17, 15) is 0 Å². The molecule has 0 amide bonds. The molecule has 0 spiro atoms. The molecule has 92 valence electrons. The SMILES string of the molecule is NC(CC1(CN(CCO)C2CC2)CC1)=NO. The Morgan fingerprint density at radius 1 is 1.44 bits per heavy atom. The van der Waals surface area contributed by atoms with Gasteiger partial charge in [0.2, 0.25) is 0 Å². The van der Waals surface area contributed by atoms with Crippen molar-refractivity contribution in [2.45, 2.75) is 38.1 Å². The summed E-state index contributed by atoms with van der Waals surface area (Å²) in [4.78, 5) is 2.36. The van der Waals surface area contributed by atoms with Crippen LogP contribution in [0.5, 0.6) is 0 Å². The second-order valence-corrected chi connectivity index (χ2v) is 5.19. The third-order valence-electron chi connectivity index (χ3n) is 3.63. The molecule has 0 aliphatic heterocycles. The maximum atomic E-state index is 9.03. The summed E-state index contributed by atoms with van der Waals surface area (Å²) in [6.07, 6.45) is 5.48. The molecule has 0 heterocycles. The van der Waals surface area contributed by atoms with Gasteiger partial charge >= 0.3 is 0 Å². The molecule has 0 bridgehead atoms. The van der Waals surface area contributed by atoms with Gasteiger partial charge in [-0.25, -0.2) is 0 Å². The quantitative estimate of drug-likeness (QED) is 0.254. The normalized spacial score (nSPS) is 23.8. The van der Waals surface area contributed by atoms with Crippen molar-refractivity contribution < 1.29 is 10.3 Å². The van der Waals surface area contributed by atoms with Gasteiger partial charge in [-0.05, 0) is 31.1 Å². The molecule has 0 aromatic carbocycles. The number of hydrogen-bond acceptors (Lipinski definition) is 4. The molecule has 0 unspecified atom stereocenters. The van der Waals surface area contributed by atoms with E-state index in [-0.39, 0.29) is 12.0 Å². The van der Waals surface area contributed by atoms with Gasteiger partial charge in [-0.3, -0.25) is 4.90 Å². The van der Waals surface area contributed by atoms with Crippen LogP contribution in [0.2, 0.25) is 0 Å². The summed E-state index contributed by atoms with van der Waals surface area (Å²) >= 11 is 0. The Balaban J connectivity index is 1.86. The molecule has 2 aliphatic carbocycles. The zero-order valence-electron chi connectivity index (χ0n) is 9.60. The lowest BCUT2D eigenvalue weighted by Gasteiger charge is -2.26. The summed E-state index contributed by atoms with van der Waals surface area (Å²) < 4.78 is 0. The smallest absolute Gasteiger partial charge is 0.139 e. The Morgan fingerprint density at radius 3 is 2.56 bits per heavy atom. The van der Waals surface area contributed by atoms with E-state index in [1.165, 1.54) is 12.8 Å². The van der Waals surface area contributed by atoms with Gasteiger partial charge in [0.25, 0.3) is 0 Å². The van der Waals surface area contributed by atoms with Crippen LogP contribution in [0, 0.1) is 5.41 Å². The molecular weight excluding hydrogens is 206 g/mol. The molecule has 0 saturated heterocycles. The van der Waals surface area contributed by atoms with Crippen LogP contribution in [0.15, 0.2) is 5.16 Å². The van der Waals surface area contributed by atoms with Crippen LogP contribution < -0.4 is 5.73 Å². The Kier molecular flexibility index (Phi) is 3.35. The molecule has 2 rings (SSSR count). The highest BCUT2D eigenvalue weighted by atomic mass is 16.4. The number of aliphatic hydroxyl groups is 1. The first kappa shape index (κ1) is 11.7. The zero-order chi connectivity index (χ0) is 11.6. The molecule has 5 heteroatoms. The Labute approximate surface area is 95.9 Å². The Bertz CT molecular complexity index is 272. The highest BCUT2D eigenvalue weighted by Crippen LogP contribution is 2.50. The van der Waals surface area contributed by atoms with Crippen molar-refractivity contribution in [2.24, 2.45) is 16.3 Å². The maximum Gasteiger partial charge on any atom is 0.139 e. The maximum absolute atomic E-state index is 9.03. The van der Waals surface area contributed by atoms with Crippen LogP contribution in [0.1, 0.15) is 32.1 Å². The number of rotatable bonds is 7. The van der Waals surface area contributed by atoms with Crippen molar-refractivity contribution in [1.29, 1.82) is 0 Å². The zero-order valence-corrected chi connectivity index (χ0v) is 9.60. The van der Waals surface area contributed by atoms with Crippen molar-refractivity contribution >= 4 is 5.84 Å². The fourth-order valence-corrected chi connectivity index (χ4v) is 2.38. The van der Waals surface area contributed by atoms with E-state index >= 15 is 0 Å². The number of nitrogens with zero attached hydrogens (tertiary/aromatic N) is 2. The largest absolute Gasteiger partial charge is 0.409 e. The summed E-state index contributed by atoms with van der Waals surface area (Å²) in [5.41, 5.74) is 5.79. The molecule has 2 fully saturated rings. The van der Waals surface area contributed by atoms with Gasteiger partial charge in [0.05, 0.1) is 6.61 Å². The van der Waals surface area contributed by atoms with Gasteiger partial charge in [-0.15, -0.1) is 0 Å². The fraction of sp³-hybridized carbons (Fsp3) is 0.909. The molecule has 16 heavy (non-hydrogen) atoms. The molecule has 5 nitrogen and oxygen atoms in total. The van der Waals surface area contributed by atoms with Crippen molar-refractivity contribution in [3.63, 3.8) is 0 Å². The second kappa shape index (κ2) is 4.59. The van der Waals surface area contributed by atoms with Gasteiger partial charge in [-0.2, -0.15) is 0 Å². The molecule has 0 aromatic rings. The van der Waals surface area contributed by atoms with E-state index in [2.05, 4.69) is 10.1 Å². The molecule has 0 atom stereocenters. The van der Waals surface area contributed by atoms with Gasteiger partial charge < -0.3 is 16.0 Å². The van der Waals surface area contributed by atoms with Crippen LogP contribution in [0.3, 0.4) is 0 Å². The van der Waals surface area contributed by atoms with Gasteiger partial charge in [0, 0.05) is 25.6 Å². The first-order chi connectivity index (χ1) is 7.69. The number of amidine groups is 1. The lowest BCUT2D eigenvalue weighted by atomic mass is 10.0. The van der Waals surface area contributed by atoms with E-state index in [4.69, 9.17) is 16.0 Å². The van der Waals surface area contributed by atoms with Gasteiger partial charge in [0.15, 0.2) is 0 Å². The predicted molar refractivity (Wildman–Crippen MR) is 61.4 cm³/mol. The minimum Gasteiger partial charge on any atom is -0.409 e. The first-order valence-corrected chi connectivity index (χ1v) is 6.00. The van der Waals surface area contributed by atoms with E-state index in [1.807, 2.05) is 0 Å². The van der Waals surface area contributed by atoms with Gasteiger partial charge in [0.1, 0.15) is 5.84 Å². The molecule has 2 saturated carbocycles. The summed E-state index contributed by atoms with van der Waals surface area (Å²) in [6.45, 7) is 1.95. The molecular formula is C11H21N3O2. The van der Waals surface area contributed by atoms with E-state index < -0.39 is 0 Å². The highest BCUT2D eigenvalue weighted by Gasteiger charge is 2.46. The van der Waals surface area contributed by atoms with Crippen molar-refractivity contribution in [1.82, 2.24) is 4.90 Å². The molecule has 4 N–H and O–H groups in total. The third-order valence-corrected chi connectivity index (χ3v) is 3.63. The van der Waals surface area contributed by atoms with E-state index in [1.54, 1.807) is 0 Å². The van der Waals surface area contributed by atoms with Crippen LogP contribution in [-0.4, -0.2) is 46.8 Å². The van der Waals surface area contributed by atoms with Crippen molar-refractivity contribution in [3.8, 4) is 0 Å². The second-order valence-electron chi connectivity index (χ2n) is 5.19. The highest BCUT2D eigenvalue weighted by molar-refractivity contribution is 5.80. The van der Waals surface area contributed by atoms with Crippen molar-refractivity contribution in [2.75, 3.05) is 19.7 Å². The number of nitrogens with two attached hydrogens (primary N) is 1. The predicted octanol–water partition coefficient (Wildman–Crippen LogP) is 0.360. The average Bonchev–Trinajstić information content (AvgIpc) is 3.12. The lowest BCUT2D eigenvalue weighted by Crippen LogP contribution is -2.36. The topological polar surface area (TPSA) is 82.1 Å². The van der Waals surface area contributed by atoms with Crippen LogP contribution >= 0.6 is 0 Å². The summed E-state index contributed by atoms with van der Waals surface area (Å²) in [5, 5.41) is 20.7. The van der Waals surface area contributed by atoms with E-state index in [0.717, 1.165) is 25.9 Å². The monoisotopic (exact) mass is 227 g/mol. The van der Waals surface area contributed by atoms with Crippen LogP contribution in [0.4, 0.5) is 0 Å². The van der Waals surface area contributed by atoms with E-state index in [0.29, 0.717) is 18.3 Å². The minimum atomic E-state index is 0.216. The molecule has 2 aliphatic rings. The summed E-state index contributed by atoms with van der Waals surface area (Å²) in [5.74, 6) is 0.331. The Hall–Kier alpha value is -0.810. The molecule has 0 radical (unpaired) electrons. The summed E-state index contributed by atoms with van der Waals surface area (Å²) in [7, 11) is 0. The number of hydrogen-bond donors (Lipinski definition) is 3. The van der Waals surface area contributed by atoms with Gasteiger partial charge in [-0.1, -0.05) is 5.16 Å². The third kappa shape index (κ3) is 2.86. The minimum absolute atomic E-state index is 0.216. The lowest BCUT2D eigenvalue weighted by molar-refractivity contribution is 0.162. The van der Waals surface area contributed by atoms with Crippen LogP contribution in [0.25, 0.3) is 0 Å². The molecule has 0 aromatic heterocycles. The Morgan fingerprint density at radius 2 is 2.12 bits per heavy atom. The number of aliphatic hydroxyl groups excluding tert-OH is 1. The van der Waals surface area contributed by atoms with Crippen molar-refractivity contribution in [3.05, 3.63) is 0 Å². The fourth-order valence-electron chi connectivity index (χ4n) is 2.38. The summed E-state index contributed by atoms with van der Waals surface area (Å²) in [6, 6.07) is 0.664. The average molecular weight is 227 g/mol. The first-order valence-electron chi connectivity index (χ1n) is 6.00. The number of oxime groups is 1. The standard InChI is InChI=1S/C11H21N3O2/c12-10(13-16)7-11(3-4-11)8-14(5-6-15)9-1-2-9/h9,15-16H,1-8H2,(H2,12,13). The van der Waals surface area contributed by atoms with Crippen LogP contribution in [-0.2, 0) is 0 Å².